The largest absolute Gasteiger partial charge is 0.435 e. The van der Waals surface area contributed by atoms with E-state index < -0.39 is 29.3 Å². The maximum absolute atomic E-state index is 14.7. The molecule has 2 heterocycles. The molecule has 0 radical (unpaired) electrons. The van der Waals surface area contributed by atoms with Crippen LogP contribution in [-0.4, -0.2) is 37.4 Å². The van der Waals surface area contributed by atoms with Gasteiger partial charge in [-0.15, -0.1) is 0 Å². The molecule has 0 bridgehead atoms. The maximum atomic E-state index is 14.7. The summed E-state index contributed by atoms with van der Waals surface area (Å²) in [7, 11) is 0. The van der Waals surface area contributed by atoms with E-state index in [1.165, 1.54) is 18.3 Å². The number of halogens is 4. The first-order chi connectivity index (χ1) is 14.8. The molecule has 7 nitrogen and oxygen atoms in total. The monoisotopic (exact) mass is 437 g/mol. The summed E-state index contributed by atoms with van der Waals surface area (Å²) < 4.78 is 55.7. The maximum Gasteiger partial charge on any atom is 0.435 e. The number of nitrogens with zero attached hydrogens (tertiary/aromatic N) is 4. The number of nitrogens with one attached hydrogen (secondary N) is 1. The highest BCUT2D eigenvalue weighted by Gasteiger charge is 2.38. The van der Waals surface area contributed by atoms with Crippen LogP contribution in [0.4, 0.5) is 23.2 Å². The first-order valence-electron chi connectivity index (χ1n) is 9.75. The third-order valence-corrected chi connectivity index (χ3v) is 5.53. The van der Waals surface area contributed by atoms with Crippen molar-refractivity contribution < 1.29 is 27.5 Å². The van der Waals surface area contributed by atoms with Crippen LogP contribution in [0.5, 0.6) is 0 Å². The molecule has 2 aromatic heterocycles. The molecule has 1 fully saturated rings. The number of aromatic nitrogens is 4. The van der Waals surface area contributed by atoms with Gasteiger partial charge >= 0.3 is 6.18 Å². The third-order valence-electron chi connectivity index (χ3n) is 5.53. The number of anilines is 1. The summed E-state index contributed by atoms with van der Waals surface area (Å²) in [4.78, 5) is 19.0. The van der Waals surface area contributed by atoms with Gasteiger partial charge in [-0.25, -0.2) is 14.4 Å². The van der Waals surface area contributed by atoms with Crippen LogP contribution in [0.1, 0.15) is 47.9 Å². The van der Waals surface area contributed by atoms with E-state index in [2.05, 4.69) is 20.4 Å². The zero-order chi connectivity index (χ0) is 22.2. The molecule has 2 N–H and O–H groups in total. The lowest BCUT2D eigenvalue weighted by atomic mass is 9.86. The van der Waals surface area contributed by atoms with Gasteiger partial charge < -0.3 is 10.4 Å². The molecule has 11 heteroatoms. The molecule has 1 aliphatic carbocycles. The van der Waals surface area contributed by atoms with Crippen LogP contribution in [0.25, 0.3) is 10.9 Å². The summed E-state index contributed by atoms with van der Waals surface area (Å²) in [5.74, 6) is -1.75. The van der Waals surface area contributed by atoms with E-state index in [-0.39, 0.29) is 24.3 Å². The van der Waals surface area contributed by atoms with E-state index in [9.17, 15) is 27.5 Å². The Bertz CT molecular complexity index is 1110. The van der Waals surface area contributed by atoms with Crippen molar-refractivity contribution in [2.24, 2.45) is 5.92 Å². The minimum absolute atomic E-state index is 0.0640. The molecule has 1 saturated carbocycles. The van der Waals surface area contributed by atoms with Crippen LogP contribution in [0.2, 0.25) is 0 Å². The first kappa shape index (κ1) is 21.2. The number of amides is 1. The van der Waals surface area contributed by atoms with Gasteiger partial charge in [0.15, 0.2) is 11.4 Å². The van der Waals surface area contributed by atoms with Crippen molar-refractivity contribution in [2.75, 3.05) is 11.9 Å². The fourth-order valence-corrected chi connectivity index (χ4v) is 3.92. The van der Waals surface area contributed by atoms with Gasteiger partial charge in [0.05, 0.1) is 23.4 Å². The Kier molecular flexibility index (Phi) is 5.61. The van der Waals surface area contributed by atoms with Gasteiger partial charge in [-0.2, -0.15) is 18.3 Å². The minimum atomic E-state index is -4.88. The van der Waals surface area contributed by atoms with Gasteiger partial charge in [0.2, 0.25) is 0 Å². The number of aliphatic hydroxyl groups is 1. The lowest BCUT2D eigenvalue weighted by Gasteiger charge is -2.28. The van der Waals surface area contributed by atoms with E-state index in [0.717, 1.165) is 38.1 Å². The topological polar surface area (TPSA) is 92.9 Å². The zero-order valence-corrected chi connectivity index (χ0v) is 16.2. The lowest BCUT2D eigenvalue weighted by molar-refractivity contribution is -0.141. The van der Waals surface area contributed by atoms with Gasteiger partial charge in [0, 0.05) is 30.5 Å². The highest BCUT2D eigenvalue weighted by Crippen LogP contribution is 2.35. The summed E-state index contributed by atoms with van der Waals surface area (Å²) in [6.07, 6.45) is 1.72. The second-order valence-corrected chi connectivity index (χ2v) is 7.54. The average Bonchev–Trinajstić information content (AvgIpc) is 3.16. The van der Waals surface area contributed by atoms with Crippen LogP contribution in [0, 0.1) is 11.7 Å². The number of aliphatic hydroxyl groups excluding tert-OH is 1. The summed E-state index contributed by atoms with van der Waals surface area (Å²) >= 11 is 0. The summed E-state index contributed by atoms with van der Waals surface area (Å²) in [5, 5.41) is 16.3. The van der Waals surface area contributed by atoms with Gasteiger partial charge in [-0.3, -0.25) is 9.48 Å². The zero-order valence-electron chi connectivity index (χ0n) is 16.2. The number of alkyl halides is 3. The fraction of sp³-hybridized carbons (Fsp3) is 0.400. The first-order valence-corrected chi connectivity index (χ1v) is 9.75. The molecule has 0 unspecified atom stereocenters. The van der Waals surface area contributed by atoms with Crippen molar-refractivity contribution in [3.8, 4) is 0 Å². The molecule has 1 aromatic carbocycles. The molecular weight excluding hydrogens is 418 g/mol. The Balaban J connectivity index is 1.59. The Labute approximate surface area is 174 Å². The van der Waals surface area contributed by atoms with Crippen LogP contribution in [-0.2, 0) is 6.18 Å². The molecule has 0 saturated heterocycles. The molecular formula is C20H19F4N5O2. The second kappa shape index (κ2) is 8.22. The van der Waals surface area contributed by atoms with Crippen LogP contribution in [0.15, 0.2) is 30.7 Å². The van der Waals surface area contributed by atoms with E-state index in [0.29, 0.717) is 10.9 Å². The number of rotatable bonds is 4. The fourth-order valence-electron chi connectivity index (χ4n) is 3.92. The molecule has 31 heavy (non-hydrogen) atoms. The molecule has 1 amide bonds. The molecule has 1 aliphatic rings. The van der Waals surface area contributed by atoms with Crippen molar-refractivity contribution in [3.05, 3.63) is 47.9 Å². The predicted molar refractivity (Wildman–Crippen MR) is 103 cm³/mol. The SMILES string of the molecule is O=C(Nc1cc2cnn(C3CCC(CO)CC3)c2cc1F)c1nccnc1C(F)(F)F. The minimum Gasteiger partial charge on any atom is -0.396 e. The van der Waals surface area contributed by atoms with E-state index in [1.54, 1.807) is 4.68 Å². The number of hydrogen-bond donors (Lipinski definition) is 2. The Morgan fingerprint density at radius 1 is 1.16 bits per heavy atom. The summed E-state index contributed by atoms with van der Waals surface area (Å²) in [6.45, 7) is 0.145. The van der Waals surface area contributed by atoms with Gasteiger partial charge in [-0.05, 0) is 37.7 Å². The number of hydrogen-bond acceptors (Lipinski definition) is 5. The molecule has 0 spiro atoms. The summed E-state index contributed by atoms with van der Waals surface area (Å²) in [6, 6.07) is 2.60. The quantitative estimate of drug-likeness (QED) is 0.603. The van der Waals surface area contributed by atoms with E-state index in [4.69, 9.17) is 0 Å². The highest BCUT2D eigenvalue weighted by atomic mass is 19.4. The predicted octanol–water partition coefficient (Wildman–Crippen LogP) is 3.96. The molecule has 0 aliphatic heterocycles. The smallest absolute Gasteiger partial charge is 0.396 e. The van der Waals surface area contributed by atoms with Crippen molar-refractivity contribution in [1.29, 1.82) is 0 Å². The van der Waals surface area contributed by atoms with Gasteiger partial charge in [0.25, 0.3) is 5.91 Å². The third kappa shape index (κ3) is 4.22. The number of carbonyl (C=O) groups is 1. The molecule has 164 valence electrons. The van der Waals surface area contributed by atoms with Crippen LogP contribution < -0.4 is 5.32 Å². The lowest BCUT2D eigenvalue weighted by Crippen LogP contribution is -2.22. The van der Waals surface area contributed by atoms with Crippen molar-refractivity contribution in [1.82, 2.24) is 19.7 Å². The van der Waals surface area contributed by atoms with E-state index >= 15 is 0 Å². The summed E-state index contributed by atoms with van der Waals surface area (Å²) in [5.41, 5.74) is -2.13. The van der Waals surface area contributed by atoms with Crippen LogP contribution >= 0.6 is 0 Å². The number of fused-ring (bicyclic) bond motifs is 1. The molecule has 0 atom stereocenters. The van der Waals surface area contributed by atoms with Crippen molar-refractivity contribution >= 4 is 22.5 Å². The average molecular weight is 437 g/mol. The number of benzene rings is 1. The normalized spacial score (nSPS) is 19.5. The standard InChI is InChI=1S/C20H19F4N5O2/c21-14-8-16-12(9-27-29(16)13-3-1-11(10-30)2-4-13)7-15(14)28-19(31)17-18(20(22,23)24)26-6-5-25-17/h5-9,11,13,30H,1-4,10H2,(H,28,31). The van der Waals surface area contributed by atoms with E-state index in [1.807, 2.05) is 0 Å². The van der Waals surface area contributed by atoms with Gasteiger partial charge in [-0.1, -0.05) is 0 Å². The highest BCUT2D eigenvalue weighted by molar-refractivity contribution is 6.04. The van der Waals surface area contributed by atoms with Crippen molar-refractivity contribution in [3.63, 3.8) is 0 Å². The second-order valence-electron chi connectivity index (χ2n) is 7.54. The Hall–Kier alpha value is -3.08. The molecule has 3 aromatic rings. The Morgan fingerprint density at radius 3 is 2.55 bits per heavy atom. The van der Waals surface area contributed by atoms with Gasteiger partial charge in [0.1, 0.15) is 5.82 Å². The Morgan fingerprint density at radius 2 is 1.87 bits per heavy atom. The van der Waals surface area contributed by atoms with Crippen molar-refractivity contribution in [2.45, 2.75) is 37.9 Å². The molecule has 4 rings (SSSR count). The number of carbonyl (C=O) groups excluding carboxylic acids is 1. The van der Waals surface area contributed by atoms with Crippen LogP contribution in [0.3, 0.4) is 0 Å².